The van der Waals surface area contributed by atoms with E-state index in [0.29, 0.717) is 31.1 Å². The minimum atomic E-state index is -0.785. The zero-order valence-corrected chi connectivity index (χ0v) is 16.2. The van der Waals surface area contributed by atoms with E-state index in [4.69, 9.17) is 9.47 Å². The van der Waals surface area contributed by atoms with Crippen LogP contribution in [0.1, 0.15) is 36.9 Å². The van der Waals surface area contributed by atoms with Crippen LogP contribution in [-0.4, -0.2) is 42.8 Å². The molecule has 0 spiro atoms. The minimum Gasteiger partial charge on any atom is -0.493 e. The van der Waals surface area contributed by atoms with Gasteiger partial charge in [0, 0.05) is 6.54 Å². The van der Waals surface area contributed by atoms with Crippen LogP contribution in [0, 0.1) is 11.7 Å². The molecular formula is C22H26FNO4. The first-order valence-electron chi connectivity index (χ1n) is 9.56. The van der Waals surface area contributed by atoms with Gasteiger partial charge in [-0.15, -0.1) is 0 Å². The second-order valence-electron chi connectivity index (χ2n) is 6.97. The highest BCUT2D eigenvalue weighted by Crippen LogP contribution is 2.37. The highest BCUT2D eigenvalue weighted by molar-refractivity contribution is 5.70. The molecule has 2 unspecified atom stereocenters. The number of carboxylic acids is 1. The van der Waals surface area contributed by atoms with E-state index in [1.165, 1.54) is 12.1 Å². The fourth-order valence-corrected chi connectivity index (χ4v) is 3.86. The average Bonchev–Trinajstić information content (AvgIpc) is 2.69. The van der Waals surface area contributed by atoms with Crippen LogP contribution < -0.4 is 9.47 Å². The summed E-state index contributed by atoms with van der Waals surface area (Å²) < 4.78 is 25.1. The van der Waals surface area contributed by atoms with E-state index >= 15 is 0 Å². The van der Waals surface area contributed by atoms with Crippen molar-refractivity contribution in [1.29, 1.82) is 0 Å². The molecule has 2 aromatic rings. The summed E-state index contributed by atoms with van der Waals surface area (Å²) in [6, 6.07) is 11.9. The van der Waals surface area contributed by atoms with Crippen LogP contribution in [0.3, 0.4) is 0 Å². The van der Waals surface area contributed by atoms with Crippen molar-refractivity contribution in [2.24, 2.45) is 5.92 Å². The number of methoxy groups -OCH3 is 1. The number of carbonyl (C=O) groups is 1. The van der Waals surface area contributed by atoms with Crippen molar-refractivity contribution in [3.8, 4) is 11.5 Å². The predicted molar refractivity (Wildman–Crippen MR) is 104 cm³/mol. The molecule has 2 aromatic carbocycles. The molecule has 3 rings (SSSR count). The van der Waals surface area contributed by atoms with Crippen LogP contribution in [0.25, 0.3) is 0 Å². The Balaban J connectivity index is 2.03. The maximum Gasteiger partial charge on any atom is 0.307 e. The van der Waals surface area contributed by atoms with Crippen LogP contribution in [0.2, 0.25) is 0 Å². The first kappa shape index (κ1) is 20.1. The molecule has 2 atom stereocenters. The summed E-state index contributed by atoms with van der Waals surface area (Å²) in [7, 11) is 1.58. The number of piperidine rings is 1. The molecule has 0 aliphatic carbocycles. The third kappa shape index (κ3) is 4.44. The van der Waals surface area contributed by atoms with Crippen molar-refractivity contribution >= 4 is 5.97 Å². The fourth-order valence-electron chi connectivity index (χ4n) is 3.86. The van der Waals surface area contributed by atoms with Gasteiger partial charge in [0.1, 0.15) is 5.82 Å². The Morgan fingerprint density at radius 1 is 1.25 bits per heavy atom. The maximum absolute atomic E-state index is 14.0. The Morgan fingerprint density at radius 3 is 2.71 bits per heavy atom. The molecule has 0 amide bonds. The molecule has 1 fully saturated rings. The summed E-state index contributed by atoms with van der Waals surface area (Å²) in [5.74, 6) is -0.269. The number of hydrogen-bond donors (Lipinski definition) is 1. The van der Waals surface area contributed by atoms with Crippen LogP contribution in [-0.2, 0) is 4.79 Å². The van der Waals surface area contributed by atoms with Gasteiger partial charge in [0.15, 0.2) is 11.5 Å². The number of benzene rings is 2. The minimum absolute atomic E-state index is 0.262. The monoisotopic (exact) mass is 387 g/mol. The van der Waals surface area contributed by atoms with E-state index in [1.807, 2.05) is 31.2 Å². The largest absolute Gasteiger partial charge is 0.493 e. The quantitative estimate of drug-likeness (QED) is 0.775. The van der Waals surface area contributed by atoms with Crippen molar-refractivity contribution in [2.75, 3.05) is 26.8 Å². The molecule has 28 heavy (non-hydrogen) atoms. The first-order valence-corrected chi connectivity index (χ1v) is 9.56. The summed E-state index contributed by atoms with van der Waals surface area (Å²) in [6.45, 7) is 3.60. The van der Waals surface area contributed by atoms with Gasteiger partial charge < -0.3 is 14.6 Å². The molecule has 0 saturated carbocycles. The highest BCUT2D eigenvalue weighted by Gasteiger charge is 2.31. The number of halogens is 1. The Morgan fingerprint density at radius 2 is 2.04 bits per heavy atom. The Kier molecular flexibility index (Phi) is 6.52. The second kappa shape index (κ2) is 9.06. The van der Waals surface area contributed by atoms with Gasteiger partial charge in [-0.3, -0.25) is 9.69 Å². The third-order valence-corrected chi connectivity index (χ3v) is 5.13. The highest BCUT2D eigenvalue weighted by atomic mass is 19.1. The van der Waals surface area contributed by atoms with Crippen LogP contribution in [0.5, 0.6) is 11.5 Å². The number of carboxylic acid groups (broad SMARTS) is 1. The Bertz CT molecular complexity index is 826. The van der Waals surface area contributed by atoms with Crippen LogP contribution >= 0.6 is 0 Å². The number of aliphatic carboxylic acids is 1. The number of likely N-dealkylation sites (tertiary alicyclic amines) is 1. The van der Waals surface area contributed by atoms with Crippen molar-refractivity contribution in [1.82, 2.24) is 4.90 Å². The third-order valence-electron chi connectivity index (χ3n) is 5.13. The molecule has 6 heteroatoms. The smallest absolute Gasteiger partial charge is 0.307 e. The van der Waals surface area contributed by atoms with Crippen molar-refractivity contribution in [3.63, 3.8) is 0 Å². The van der Waals surface area contributed by atoms with Gasteiger partial charge in [-0.2, -0.15) is 0 Å². The van der Waals surface area contributed by atoms with Gasteiger partial charge in [-0.05, 0) is 61.7 Å². The normalized spacial score (nSPS) is 18.5. The summed E-state index contributed by atoms with van der Waals surface area (Å²) in [4.78, 5) is 13.7. The van der Waals surface area contributed by atoms with Crippen molar-refractivity contribution in [3.05, 3.63) is 59.4 Å². The zero-order chi connectivity index (χ0) is 20.1. The SMILES string of the molecule is CCOc1ccc(C(c2cccc(F)c2)N2CCCC(C(=O)O)C2)cc1OC. The average molecular weight is 387 g/mol. The second-order valence-corrected chi connectivity index (χ2v) is 6.97. The van der Waals surface area contributed by atoms with Gasteiger partial charge in [0.25, 0.3) is 0 Å². The lowest BCUT2D eigenvalue weighted by atomic mass is 9.91. The molecule has 5 nitrogen and oxygen atoms in total. The van der Waals surface area contributed by atoms with Gasteiger partial charge in [0.2, 0.25) is 0 Å². The number of nitrogens with zero attached hydrogens (tertiary/aromatic N) is 1. The summed E-state index contributed by atoms with van der Waals surface area (Å²) in [5, 5.41) is 9.48. The van der Waals surface area contributed by atoms with E-state index in [0.717, 1.165) is 24.1 Å². The van der Waals surface area contributed by atoms with E-state index in [1.54, 1.807) is 13.2 Å². The summed E-state index contributed by atoms with van der Waals surface area (Å²) in [5.41, 5.74) is 1.70. The molecule has 1 aliphatic rings. The predicted octanol–water partition coefficient (Wildman–Crippen LogP) is 4.12. The first-order chi connectivity index (χ1) is 13.5. The number of rotatable bonds is 7. The molecule has 1 N–H and O–H groups in total. The van der Waals surface area contributed by atoms with Gasteiger partial charge in [-0.25, -0.2) is 4.39 Å². The molecular weight excluding hydrogens is 361 g/mol. The Hall–Kier alpha value is -2.60. The summed E-state index contributed by atoms with van der Waals surface area (Å²) in [6.07, 6.45) is 1.45. The molecule has 1 aliphatic heterocycles. The van der Waals surface area contributed by atoms with Crippen molar-refractivity contribution in [2.45, 2.75) is 25.8 Å². The summed E-state index contributed by atoms with van der Waals surface area (Å²) >= 11 is 0. The lowest BCUT2D eigenvalue weighted by molar-refractivity contribution is -0.143. The van der Waals surface area contributed by atoms with Crippen LogP contribution in [0.4, 0.5) is 4.39 Å². The molecule has 1 saturated heterocycles. The lowest BCUT2D eigenvalue weighted by Crippen LogP contribution is -2.41. The van der Waals surface area contributed by atoms with E-state index in [2.05, 4.69) is 4.90 Å². The molecule has 0 aromatic heterocycles. The Labute approximate surface area is 164 Å². The number of hydrogen-bond acceptors (Lipinski definition) is 4. The zero-order valence-electron chi connectivity index (χ0n) is 16.2. The molecule has 1 heterocycles. The van der Waals surface area contributed by atoms with Gasteiger partial charge in [-0.1, -0.05) is 18.2 Å². The van der Waals surface area contributed by atoms with E-state index in [-0.39, 0.29) is 11.9 Å². The standard InChI is InChI=1S/C22H26FNO4/c1-3-28-19-10-9-16(13-20(19)27-2)21(15-6-4-8-18(23)12-15)24-11-5-7-17(14-24)22(25)26/h4,6,8-10,12-13,17,21H,3,5,7,11,14H2,1-2H3,(H,25,26). The topological polar surface area (TPSA) is 59.0 Å². The number of ether oxygens (including phenoxy) is 2. The molecule has 0 radical (unpaired) electrons. The van der Waals surface area contributed by atoms with E-state index < -0.39 is 11.9 Å². The molecule has 150 valence electrons. The fraction of sp³-hybridized carbons (Fsp3) is 0.409. The van der Waals surface area contributed by atoms with Gasteiger partial charge in [0.05, 0.1) is 25.7 Å². The van der Waals surface area contributed by atoms with Crippen LogP contribution in [0.15, 0.2) is 42.5 Å². The van der Waals surface area contributed by atoms with Crippen molar-refractivity contribution < 1.29 is 23.8 Å². The van der Waals surface area contributed by atoms with E-state index in [9.17, 15) is 14.3 Å². The lowest BCUT2D eigenvalue weighted by Gasteiger charge is -2.37. The molecule has 0 bridgehead atoms. The maximum atomic E-state index is 14.0. The van der Waals surface area contributed by atoms with Gasteiger partial charge >= 0.3 is 5.97 Å².